The molecule has 13 heteroatoms. The molecule has 1 aliphatic rings. The molecule has 1 aromatic heterocycles. The van der Waals surface area contributed by atoms with Gasteiger partial charge in [0.15, 0.2) is 5.96 Å². The third-order valence-corrected chi connectivity index (χ3v) is 4.34. The van der Waals surface area contributed by atoms with Crippen molar-refractivity contribution >= 4 is 41.8 Å². The number of hydrogen-bond donors (Lipinski definition) is 3. The lowest BCUT2D eigenvalue weighted by Crippen LogP contribution is -2.54. The zero-order valence-electron chi connectivity index (χ0n) is 17.9. The van der Waals surface area contributed by atoms with Crippen molar-refractivity contribution in [2.75, 3.05) is 58.2 Å². The van der Waals surface area contributed by atoms with E-state index in [0.29, 0.717) is 25.6 Å². The lowest BCUT2D eigenvalue weighted by Gasteiger charge is -2.36. The Labute approximate surface area is 197 Å². The lowest BCUT2D eigenvalue weighted by atomic mass is 10.3. The van der Waals surface area contributed by atoms with Crippen molar-refractivity contribution in [1.82, 2.24) is 30.4 Å². The molecule has 2 heterocycles. The standard InChI is InChI=1S/C18H29F3N8O.HI/c1-13(2)26-15(30)12-28-8-10-29(11-9-28)17(22-3)25-7-6-24-16-23-5-4-14(27-16)18(19,20)21;/h4-5,13H,6-12H2,1-3H3,(H,22,25)(H,26,30)(H,23,24,27);1H. The molecule has 3 N–H and O–H groups in total. The third-order valence-electron chi connectivity index (χ3n) is 4.34. The number of nitrogens with one attached hydrogen (secondary N) is 3. The van der Waals surface area contributed by atoms with Crippen molar-refractivity contribution in [1.29, 1.82) is 0 Å². The maximum Gasteiger partial charge on any atom is 0.433 e. The molecule has 1 amide bonds. The number of aliphatic imine (C=N–C) groups is 1. The first kappa shape index (κ1) is 27.1. The second kappa shape index (κ2) is 12.8. The van der Waals surface area contributed by atoms with Crippen molar-refractivity contribution in [2.45, 2.75) is 26.1 Å². The SMILES string of the molecule is CN=C(NCCNc1nccc(C(F)(F)F)n1)N1CCN(CC(=O)NC(C)C)CC1.I. The van der Waals surface area contributed by atoms with Gasteiger partial charge in [0.05, 0.1) is 6.54 Å². The van der Waals surface area contributed by atoms with E-state index in [0.717, 1.165) is 38.4 Å². The van der Waals surface area contributed by atoms with E-state index in [9.17, 15) is 18.0 Å². The van der Waals surface area contributed by atoms with Gasteiger partial charge in [0, 0.05) is 58.6 Å². The van der Waals surface area contributed by atoms with Crippen molar-refractivity contribution in [3.05, 3.63) is 18.0 Å². The number of aromatic nitrogens is 2. The van der Waals surface area contributed by atoms with Crippen LogP contribution in [0.15, 0.2) is 17.3 Å². The Kier molecular flexibility index (Phi) is 11.2. The number of nitrogens with zero attached hydrogens (tertiary/aromatic N) is 5. The zero-order valence-corrected chi connectivity index (χ0v) is 20.2. The van der Waals surface area contributed by atoms with Gasteiger partial charge >= 0.3 is 6.18 Å². The van der Waals surface area contributed by atoms with Gasteiger partial charge in [-0.2, -0.15) is 13.2 Å². The Morgan fingerprint density at radius 2 is 1.90 bits per heavy atom. The molecule has 176 valence electrons. The van der Waals surface area contributed by atoms with Crippen LogP contribution in [0.4, 0.5) is 19.1 Å². The molecule has 0 saturated carbocycles. The first-order valence-corrected chi connectivity index (χ1v) is 9.80. The minimum Gasteiger partial charge on any atom is -0.354 e. The monoisotopic (exact) mass is 558 g/mol. The van der Waals surface area contributed by atoms with Gasteiger partial charge < -0.3 is 20.9 Å². The third kappa shape index (κ3) is 9.41. The Bertz CT molecular complexity index is 724. The van der Waals surface area contributed by atoms with E-state index in [1.165, 1.54) is 0 Å². The van der Waals surface area contributed by atoms with Crippen molar-refractivity contribution in [2.24, 2.45) is 4.99 Å². The fourth-order valence-corrected chi connectivity index (χ4v) is 2.97. The van der Waals surface area contributed by atoms with Gasteiger partial charge in [-0.15, -0.1) is 24.0 Å². The number of amides is 1. The normalized spacial score (nSPS) is 15.5. The molecule has 1 fully saturated rings. The van der Waals surface area contributed by atoms with Crippen LogP contribution in [0, 0.1) is 0 Å². The summed E-state index contributed by atoms with van der Waals surface area (Å²) in [6.45, 7) is 7.92. The van der Waals surface area contributed by atoms with E-state index in [4.69, 9.17) is 0 Å². The second-order valence-corrected chi connectivity index (χ2v) is 7.15. The molecule has 31 heavy (non-hydrogen) atoms. The maximum absolute atomic E-state index is 12.7. The van der Waals surface area contributed by atoms with Crippen molar-refractivity contribution in [3.63, 3.8) is 0 Å². The number of hydrogen-bond acceptors (Lipinski definition) is 6. The van der Waals surface area contributed by atoms with Gasteiger partial charge in [-0.3, -0.25) is 14.7 Å². The minimum absolute atomic E-state index is 0. The fraction of sp³-hybridized carbons (Fsp3) is 0.667. The number of anilines is 1. The average Bonchev–Trinajstić information content (AvgIpc) is 2.68. The molecule has 0 spiro atoms. The summed E-state index contributed by atoms with van der Waals surface area (Å²) < 4.78 is 38.1. The lowest BCUT2D eigenvalue weighted by molar-refractivity contribution is -0.141. The molecule has 0 unspecified atom stereocenters. The Morgan fingerprint density at radius 1 is 1.23 bits per heavy atom. The largest absolute Gasteiger partial charge is 0.433 e. The van der Waals surface area contributed by atoms with E-state index in [1.54, 1.807) is 7.05 Å². The number of carbonyl (C=O) groups excluding carboxylic acids is 1. The highest BCUT2D eigenvalue weighted by molar-refractivity contribution is 14.0. The van der Waals surface area contributed by atoms with Crippen LogP contribution in [-0.2, 0) is 11.0 Å². The molecular weight excluding hydrogens is 528 g/mol. The average molecular weight is 558 g/mol. The molecule has 0 bridgehead atoms. The van der Waals surface area contributed by atoms with Crippen LogP contribution in [0.1, 0.15) is 19.5 Å². The molecular formula is C18H30F3IN8O. The van der Waals surface area contributed by atoms with Crippen LogP contribution in [0.5, 0.6) is 0 Å². The van der Waals surface area contributed by atoms with Gasteiger partial charge in [0.1, 0.15) is 5.69 Å². The number of halogens is 4. The van der Waals surface area contributed by atoms with Gasteiger partial charge in [-0.05, 0) is 19.9 Å². The molecule has 9 nitrogen and oxygen atoms in total. The van der Waals surface area contributed by atoms with Gasteiger partial charge in [-0.25, -0.2) is 9.97 Å². The van der Waals surface area contributed by atoms with E-state index in [1.807, 2.05) is 13.8 Å². The first-order chi connectivity index (χ1) is 14.2. The highest BCUT2D eigenvalue weighted by Crippen LogP contribution is 2.27. The molecule has 1 saturated heterocycles. The summed E-state index contributed by atoms with van der Waals surface area (Å²) in [6.07, 6.45) is -3.43. The van der Waals surface area contributed by atoms with Gasteiger partial charge in [0.2, 0.25) is 11.9 Å². The van der Waals surface area contributed by atoms with Crippen LogP contribution >= 0.6 is 24.0 Å². The molecule has 1 aromatic rings. The van der Waals surface area contributed by atoms with E-state index >= 15 is 0 Å². The summed E-state index contributed by atoms with van der Waals surface area (Å²) in [6, 6.07) is 0.953. The van der Waals surface area contributed by atoms with Crippen LogP contribution in [-0.4, -0.2) is 90.5 Å². The summed E-state index contributed by atoms with van der Waals surface area (Å²) in [5.74, 6) is 0.645. The number of carbonyl (C=O) groups is 1. The predicted octanol–water partition coefficient (Wildman–Crippen LogP) is 1.24. The molecule has 2 rings (SSSR count). The first-order valence-electron chi connectivity index (χ1n) is 9.80. The van der Waals surface area contributed by atoms with Crippen LogP contribution in [0.2, 0.25) is 0 Å². The number of piperazine rings is 1. The topological polar surface area (TPSA) is 97.8 Å². The smallest absolute Gasteiger partial charge is 0.354 e. The number of guanidine groups is 1. The molecule has 0 aromatic carbocycles. The van der Waals surface area contributed by atoms with E-state index < -0.39 is 11.9 Å². The fourth-order valence-electron chi connectivity index (χ4n) is 2.97. The maximum atomic E-state index is 12.7. The van der Waals surface area contributed by atoms with Gasteiger partial charge in [0.25, 0.3) is 0 Å². The van der Waals surface area contributed by atoms with E-state index in [-0.39, 0.29) is 41.9 Å². The highest BCUT2D eigenvalue weighted by atomic mass is 127. The van der Waals surface area contributed by atoms with Crippen molar-refractivity contribution in [3.8, 4) is 0 Å². The van der Waals surface area contributed by atoms with E-state index in [2.05, 4.69) is 40.7 Å². The number of alkyl halides is 3. The van der Waals surface area contributed by atoms with Crippen LogP contribution in [0.25, 0.3) is 0 Å². The summed E-state index contributed by atoms with van der Waals surface area (Å²) in [5, 5.41) is 8.83. The second-order valence-electron chi connectivity index (χ2n) is 7.15. The Balaban J connectivity index is 0.00000480. The molecule has 0 radical (unpaired) electrons. The summed E-state index contributed by atoms with van der Waals surface area (Å²) >= 11 is 0. The zero-order chi connectivity index (χ0) is 22.1. The van der Waals surface area contributed by atoms with Crippen LogP contribution in [0.3, 0.4) is 0 Å². The summed E-state index contributed by atoms with van der Waals surface area (Å²) in [5.41, 5.74) is -0.983. The predicted molar refractivity (Wildman–Crippen MR) is 124 cm³/mol. The quantitative estimate of drug-likeness (QED) is 0.201. The van der Waals surface area contributed by atoms with Crippen molar-refractivity contribution < 1.29 is 18.0 Å². The minimum atomic E-state index is -4.50. The Hall–Kier alpha value is -1.90. The van der Waals surface area contributed by atoms with Gasteiger partial charge in [-0.1, -0.05) is 0 Å². The summed E-state index contributed by atoms with van der Waals surface area (Å²) in [7, 11) is 1.67. The molecule has 1 aliphatic heterocycles. The Morgan fingerprint density at radius 3 is 2.48 bits per heavy atom. The molecule has 0 aliphatic carbocycles. The molecule has 0 atom stereocenters. The number of rotatable bonds is 7. The summed E-state index contributed by atoms with van der Waals surface area (Å²) in [4.78, 5) is 27.6. The highest BCUT2D eigenvalue weighted by Gasteiger charge is 2.32. The van der Waals surface area contributed by atoms with Crippen LogP contribution < -0.4 is 16.0 Å².